The van der Waals surface area contributed by atoms with Gasteiger partial charge in [0.15, 0.2) is 0 Å². The Balaban J connectivity index is 1.62. The molecule has 0 aliphatic heterocycles. The molecule has 2 N–H and O–H groups in total. The Hall–Kier alpha value is -2.14. The van der Waals surface area contributed by atoms with Crippen molar-refractivity contribution < 1.29 is 18.6 Å². The molecule has 0 spiro atoms. The summed E-state index contributed by atoms with van der Waals surface area (Å²) in [7, 11) is 0. The molecule has 3 rings (SSSR count). The van der Waals surface area contributed by atoms with Crippen LogP contribution in [0.25, 0.3) is 0 Å². The molecule has 3 nitrogen and oxygen atoms in total. The zero-order valence-electron chi connectivity index (χ0n) is 14.2. The van der Waals surface area contributed by atoms with Gasteiger partial charge in [-0.05, 0) is 68.1 Å². The number of aliphatic hydroxyl groups is 1. The number of hydrogen-bond acceptors (Lipinski definition) is 3. The van der Waals surface area contributed by atoms with Crippen LogP contribution in [0.15, 0.2) is 42.5 Å². The van der Waals surface area contributed by atoms with E-state index in [1.54, 1.807) is 0 Å². The zero-order chi connectivity index (χ0) is 17.8. The molecular formula is C20H23F2NO2. The molecule has 0 unspecified atom stereocenters. The first-order valence-corrected chi connectivity index (χ1v) is 8.68. The zero-order valence-corrected chi connectivity index (χ0v) is 14.2. The molecule has 0 saturated heterocycles. The van der Waals surface area contributed by atoms with Crippen molar-refractivity contribution in [3.8, 4) is 5.75 Å². The molecule has 1 aliphatic rings. The number of ether oxygens (including phenoxy) is 1. The van der Waals surface area contributed by atoms with E-state index in [0.717, 1.165) is 37.4 Å². The van der Waals surface area contributed by atoms with Crippen molar-refractivity contribution in [1.82, 2.24) is 0 Å². The summed E-state index contributed by atoms with van der Waals surface area (Å²) >= 11 is 0. The summed E-state index contributed by atoms with van der Waals surface area (Å²) < 4.78 is 32.5. The highest BCUT2D eigenvalue weighted by Crippen LogP contribution is 2.26. The third-order valence-corrected chi connectivity index (χ3v) is 4.58. The molecule has 0 bridgehead atoms. The van der Waals surface area contributed by atoms with E-state index in [0.29, 0.717) is 11.3 Å². The van der Waals surface area contributed by atoms with Crippen LogP contribution in [0.4, 0.5) is 14.5 Å². The Morgan fingerprint density at radius 3 is 2.32 bits per heavy atom. The largest absolute Gasteiger partial charge is 0.488 e. The van der Waals surface area contributed by atoms with Gasteiger partial charge in [0.1, 0.15) is 23.5 Å². The maximum atomic E-state index is 13.3. The van der Waals surface area contributed by atoms with Gasteiger partial charge < -0.3 is 15.2 Å². The molecule has 1 saturated carbocycles. The van der Waals surface area contributed by atoms with Gasteiger partial charge in [-0.2, -0.15) is 0 Å². The van der Waals surface area contributed by atoms with Gasteiger partial charge in [-0.25, -0.2) is 8.78 Å². The summed E-state index contributed by atoms with van der Waals surface area (Å²) in [6.45, 7) is 1.84. The minimum atomic E-state index is -0.585. The van der Waals surface area contributed by atoms with Gasteiger partial charge in [-0.15, -0.1) is 0 Å². The van der Waals surface area contributed by atoms with Crippen molar-refractivity contribution in [3.05, 3.63) is 59.7 Å². The lowest BCUT2D eigenvalue weighted by molar-refractivity contribution is 0.00688. The first kappa shape index (κ1) is 17.7. The van der Waals surface area contributed by atoms with Crippen LogP contribution in [-0.2, 0) is 0 Å². The summed E-state index contributed by atoms with van der Waals surface area (Å²) in [6, 6.07) is 10.7. The number of rotatable bonds is 5. The number of anilines is 1. The van der Waals surface area contributed by atoms with Gasteiger partial charge in [-0.1, -0.05) is 6.42 Å². The van der Waals surface area contributed by atoms with Gasteiger partial charge in [-0.3, -0.25) is 0 Å². The number of nitrogens with one attached hydrogen (secondary N) is 1. The molecule has 5 heteroatoms. The smallest absolute Gasteiger partial charge is 0.126 e. The van der Waals surface area contributed by atoms with Crippen molar-refractivity contribution in [2.45, 2.75) is 50.9 Å². The predicted octanol–water partition coefficient (Wildman–Crippen LogP) is 4.82. The fourth-order valence-electron chi connectivity index (χ4n) is 3.18. The summed E-state index contributed by atoms with van der Waals surface area (Å²) in [4.78, 5) is 0. The van der Waals surface area contributed by atoms with Crippen molar-refractivity contribution in [1.29, 1.82) is 0 Å². The van der Waals surface area contributed by atoms with E-state index in [1.165, 1.54) is 12.1 Å². The minimum Gasteiger partial charge on any atom is -0.488 e. The van der Waals surface area contributed by atoms with Crippen molar-refractivity contribution in [2.75, 3.05) is 5.32 Å². The molecule has 0 heterocycles. The Bertz CT molecular complexity index is 685. The van der Waals surface area contributed by atoms with Gasteiger partial charge in [0.25, 0.3) is 0 Å². The molecular weight excluding hydrogens is 324 g/mol. The number of benzene rings is 2. The second-order valence-electron chi connectivity index (χ2n) is 6.60. The normalized spacial score (nSPS) is 21.6. The standard InChI is InChI=1S/C20H23F2NO2/c1-13(14-10-15(21)12-16(22)11-14)23-17-6-8-18(9-7-17)25-20-5-3-2-4-19(20)24/h6-13,19-20,23-24H,2-5H2,1H3/t13-,19+,20+/m0/s1. The highest BCUT2D eigenvalue weighted by Gasteiger charge is 2.24. The molecule has 2 aromatic rings. The fraction of sp³-hybridized carbons (Fsp3) is 0.400. The minimum absolute atomic E-state index is 0.151. The Morgan fingerprint density at radius 2 is 1.68 bits per heavy atom. The van der Waals surface area contributed by atoms with E-state index in [2.05, 4.69) is 5.32 Å². The lowest BCUT2D eigenvalue weighted by atomic mass is 9.95. The highest BCUT2D eigenvalue weighted by molar-refractivity contribution is 5.48. The van der Waals surface area contributed by atoms with Crippen molar-refractivity contribution >= 4 is 5.69 Å². The molecule has 1 aliphatic carbocycles. The third kappa shape index (κ3) is 4.69. The van der Waals surface area contributed by atoms with Crippen LogP contribution in [0, 0.1) is 11.6 Å². The van der Waals surface area contributed by atoms with Crippen molar-refractivity contribution in [3.63, 3.8) is 0 Å². The highest BCUT2D eigenvalue weighted by atomic mass is 19.1. The van der Waals surface area contributed by atoms with E-state index in [-0.39, 0.29) is 12.1 Å². The SMILES string of the molecule is C[C@H](Nc1ccc(O[C@@H]2CCCC[C@H]2O)cc1)c1cc(F)cc(F)c1. The van der Waals surface area contributed by atoms with E-state index in [4.69, 9.17) is 4.74 Å². The molecule has 134 valence electrons. The predicted molar refractivity (Wildman–Crippen MR) is 93.7 cm³/mol. The van der Waals surface area contributed by atoms with Gasteiger partial charge in [0.05, 0.1) is 6.10 Å². The van der Waals surface area contributed by atoms with Crippen LogP contribution in [0.5, 0.6) is 5.75 Å². The lowest BCUT2D eigenvalue weighted by Gasteiger charge is -2.28. The Morgan fingerprint density at radius 1 is 1.04 bits per heavy atom. The molecule has 0 amide bonds. The van der Waals surface area contributed by atoms with Crippen LogP contribution in [0.3, 0.4) is 0 Å². The Kier molecular flexibility index (Phi) is 5.53. The van der Waals surface area contributed by atoms with Crippen LogP contribution < -0.4 is 10.1 Å². The van der Waals surface area contributed by atoms with E-state index in [9.17, 15) is 13.9 Å². The quantitative estimate of drug-likeness (QED) is 0.815. The van der Waals surface area contributed by atoms with E-state index < -0.39 is 17.7 Å². The first-order valence-electron chi connectivity index (χ1n) is 8.68. The van der Waals surface area contributed by atoms with Crippen LogP contribution in [0.1, 0.15) is 44.2 Å². The van der Waals surface area contributed by atoms with E-state index in [1.807, 2.05) is 31.2 Å². The first-order chi connectivity index (χ1) is 12.0. The van der Waals surface area contributed by atoms with Gasteiger partial charge in [0.2, 0.25) is 0 Å². The van der Waals surface area contributed by atoms with Crippen LogP contribution in [-0.4, -0.2) is 17.3 Å². The molecule has 25 heavy (non-hydrogen) atoms. The topological polar surface area (TPSA) is 41.5 Å². The van der Waals surface area contributed by atoms with Gasteiger partial charge in [0, 0.05) is 17.8 Å². The lowest BCUT2D eigenvalue weighted by Crippen LogP contribution is -2.34. The number of aliphatic hydroxyl groups excluding tert-OH is 1. The van der Waals surface area contributed by atoms with Crippen LogP contribution >= 0.6 is 0 Å². The number of hydrogen-bond donors (Lipinski definition) is 2. The third-order valence-electron chi connectivity index (χ3n) is 4.58. The summed E-state index contributed by atoms with van der Waals surface area (Å²) in [5, 5.41) is 13.2. The number of halogens is 2. The fourth-order valence-corrected chi connectivity index (χ4v) is 3.18. The molecule has 1 fully saturated rings. The summed E-state index contributed by atoms with van der Waals surface area (Å²) in [6.07, 6.45) is 3.21. The Labute approximate surface area is 146 Å². The van der Waals surface area contributed by atoms with E-state index >= 15 is 0 Å². The molecule has 0 radical (unpaired) electrons. The second-order valence-corrected chi connectivity index (χ2v) is 6.60. The molecule has 3 atom stereocenters. The summed E-state index contributed by atoms with van der Waals surface area (Å²) in [5.74, 6) is -0.460. The second kappa shape index (κ2) is 7.83. The maximum Gasteiger partial charge on any atom is 0.126 e. The monoisotopic (exact) mass is 347 g/mol. The summed E-state index contributed by atoms with van der Waals surface area (Å²) in [5.41, 5.74) is 1.37. The molecule has 0 aromatic heterocycles. The van der Waals surface area contributed by atoms with Gasteiger partial charge >= 0.3 is 0 Å². The average Bonchev–Trinajstić information content (AvgIpc) is 2.58. The average molecular weight is 347 g/mol. The maximum absolute atomic E-state index is 13.3. The molecule has 2 aromatic carbocycles. The van der Waals surface area contributed by atoms with Crippen molar-refractivity contribution in [2.24, 2.45) is 0 Å². The van der Waals surface area contributed by atoms with Crippen LogP contribution in [0.2, 0.25) is 0 Å².